The van der Waals surface area contributed by atoms with E-state index in [2.05, 4.69) is 10.1 Å². The van der Waals surface area contributed by atoms with E-state index in [4.69, 9.17) is 4.74 Å². The Morgan fingerprint density at radius 1 is 1.34 bits per heavy atom. The average Bonchev–Trinajstić information content (AvgIpc) is 3.44. The van der Waals surface area contributed by atoms with Crippen molar-refractivity contribution in [3.8, 4) is 5.75 Å². The summed E-state index contributed by atoms with van der Waals surface area (Å²) in [6.45, 7) is 0.652. The molecule has 0 spiro atoms. The number of rotatable bonds is 3. The number of aryl methyl sites for hydroxylation is 1. The van der Waals surface area contributed by atoms with Gasteiger partial charge in [0.2, 0.25) is 0 Å². The van der Waals surface area contributed by atoms with Crippen molar-refractivity contribution in [2.45, 2.75) is 18.9 Å². The summed E-state index contributed by atoms with van der Waals surface area (Å²) in [6, 6.07) is 4.31. The fourth-order valence-corrected chi connectivity index (χ4v) is 3.91. The van der Waals surface area contributed by atoms with E-state index in [1.54, 1.807) is 31.4 Å². The van der Waals surface area contributed by atoms with Gasteiger partial charge in [-0.2, -0.15) is 5.10 Å². The molecule has 0 saturated carbocycles. The Bertz CT molecular complexity index is 1210. The molecule has 150 valence electrons. The number of aromatic nitrogens is 4. The number of carbonyl (C=O) groups excluding carboxylic acids is 1. The van der Waals surface area contributed by atoms with E-state index in [1.165, 1.54) is 14.0 Å². The summed E-state index contributed by atoms with van der Waals surface area (Å²) in [5, 5.41) is 13.5. The number of hydrogen-bond acceptors (Lipinski definition) is 6. The molecule has 2 N–H and O–H groups in total. The van der Waals surface area contributed by atoms with Crippen LogP contribution in [-0.2, 0) is 11.8 Å². The van der Waals surface area contributed by atoms with Crippen LogP contribution in [0.2, 0.25) is 0 Å². The minimum atomic E-state index is -0.994. The molecule has 0 aliphatic carbocycles. The molecular weight excluding hydrogens is 380 g/mol. The van der Waals surface area contributed by atoms with Crippen LogP contribution in [0.1, 0.15) is 23.3 Å². The molecule has 1 amide bonds. The standard InChI is InChI=1S/C18H18N6O5/c1-21-18(28)23-6-4-10(7-14(23)20-21)24-9-29-13-8-11(19-15(13)24)16(25)22-5-2-3-12(22)17(26)27/h4,6-8,12,19H,2-3,5,9H2,1H3,(H,26,27)/t12-/m0/s1. The van der Waals surface area contributed by atoms with Crippen molar-refractivity contribution in [2.24, 2.45) is 7.05 Å². The van der Waals surface area contributed by atoms with Gasteiger partial charge < -0.3 is 19.7 Å². The molecule has 0 radical (unpaired) electrons. The number of aromatic amines is 1. The monoisotopic (exact) mass is 398 g/mol. The van der Waals surface area contributed by atoms with Crippen molar-refractivity contribution in [1.29, 1.82) is 0 Å². The third kappa shape index (κ3) is 2.57. The van der Waals surface area contributed by atoms with Gasteiger partial charge in [-0.15, -0.1) is 0 Å². The molecule has 3 aromatic heterocycles. The third-order valence-corrected chi connectivity index (χ3v) is 5.38. The maximum absolute atomic E-state index is 12.8. The van der Waals surface area contributed by atoms with E-state index < -0.39 is 12.0 Å². The van der Waals surface area contributed by atoms with Gasteiger partial charge in [0.05, 0.1) is 5.69 Å². The number of fused-ring (bicyclic) bond motifs is 2. The van der Waals surface area contributed by atoms with Gasteiger partial charge in [0.15, 0.2) is 23.9 Å². The van der Waals surface area contributed by atoms with Crippen LogP contribution in [0.25, 0.3) is 5.65 Å². The van der Waals surface area contributed by atoms with Crippen molar-refractivity contribution in [2.75, 3.05) is 18.2 Å². The first-order valence-corrected chi connectivity index (χ1v) is 9.16. The smallest absolute Gasteiger partial charge is 0.350 e. The first-order chi connectivity index (χ1) is 13.9. The van der Waals surface area contributed by atoms with Crippen LogP contribution < -0.4 is 15.3 Å². The number of likely N-dealkylation sites (tertiary alicyclic amines) is 1. The molecule has 3 aromatic rings. The highest BCUT2D eigenvalue weighted by Gasteiger charge is 2.36. The molecule has 0 bridgehead atoms. The zero-order chi connectivity index (χ0) is 20.3. The number of carboxylic acid groups (broad SMARTS) is 1. The summed E-state index contributed by atoms with van der Waals surface area (Å²) in [6.07, 6.45) is 2.75. The number of hydrogen-bond donors (Lipinski definition) is 2. The van der Waals surface area contributed by atoms with Crippen LogP contribution in [0.15, 0.2) is 29.2 Å². The molecule has 11 nitrogen and oxygen atoms in total. The second-order valence-electron chi connectivity index (χ2n) is 7.11. The number of nitrogens with one attached hydrogen (secondary N) is 1. The van der Waals surface area contributed by atoms with Gasteiger partial charge in [-0.1, -0.05) is 0 Å². The third-order valence-electron chi connectivity index (χ3n) is 5.38. The Labute approximate surface area is 163 Å². The quantitative estimate of drug-likeness (QED) is 0.659. The first kappa shape index (κ1) is 17.3. The van der Waals surface area contributed by atoms with Gasteiger partial charge in [-0.3, -0.25) is 14.1 Å². The lowest BCUT2D eigenvalue weighted by molar-refractivity contribution is -0.141. The molecule has 1 saturated heterocycles. The Morgan fingerprint density at radius 2 is 2.17 bits per heavy atom. The van der Waals surface area contributed by atoms with Crippen LogP contribution in [-0.4, -0.2) is 60.4 Å². The Balaban J connectivity index is 1.46. The summed E-state index contributed by atoms with van der Waals surface area (Å²) >= 11 is 0. The van der Waals surface area contributed by atoms with Gasteiger partial charge in [-0.25, -0.2) is 14.3 Å². The van der Waals surface area contributed by atoms with Gasteiger partial charge in [0.1, 0.15) is 11.7 Å². The Hall–Kier alpha value is -3.76. The number of carboxylic acids is 1. The predicted molar refractivity (Wildman–Crippen MR) is 101 cm³/mol. The summed E-state index contributed by atoms with van der Waals surface area (Å²) in [7, 11) is 1.58. The second-order valence-corrected chi connectivity index (χ2v) is 7.11. The molecule has 29 heavy (non-hydrogen) atoms. The highest BCUT2D eigenvalue weighted by atomic mass is 16.5. The highest BCUT2D eigenvalue weighted by Crippen LogP contribution is 2.39. The predicted octanol–water partition coefficient (Wildman–Crippen LogP) is 0.538. The molecule has 11 heteroatoms. The van der Waals surface area contributed by atoms with E-state index in [1.807, 2.05) is 4.90 Å². The maximum atomic E-state index is 12.8. The van der Waals surface area contributed by atoms with Gasteiger partial charge in [-0.05, 0) is 18.9 Å². The number of amides is 1. The lowest BCUT2D eigenvalue weighted by Crippen LogP contribution is -2.40. The number of nitrogens with zero attached hydrogens (tertiary/aromatic N) is 5. The van der Waals surface area contributed by atoms with Crippen molar-refractivity contribution >= 4 is 29.0 Å². The average molecular weight is 398 g/mol. The molecule has 2 aliphatic rings. The molecule has 1 fully saturated rings. The van der Waals surface area contributed by atoms with Gasteiger partial charge >= 0.3 is 11.7 Å². The summed E-state index contributed by atoms with van der Waals surface area (Å²) in [5.41, 5.74) is 1.28. The van der Waals surface area contributed by atoms with Crippen LogP contribution >= 0.6 is 0 Å². The molecule has 5 heterocycles. The number of aliphatic carboxylic acids is 1. The Morgan fingerprint density at radius 3 is 2.97 bits per heavy atom. The minimum absolute atomic E-state index is 0.240. The normalized spacial score (nSPS) is 18.3. The van der Waals surface area contributed by atoms with E-state index >= 15 is 0 Å². The molecule has 0 aromatic carbocycles. The lowest BCUT2D eigenvalue weighted by atomic mass is 10.2. The summed E-state index contributed by atoms with van der Waals surface area (Å²) < 4.78 is 8.38. The fraction of sp³-hybridized carbons (Fsp3) is 0.333. The van der Waals surface area contributed by atoms with Crippen LogP contribution in [0, 0.1) is 0 Å². The van der Waals surface area contributed by atoms with E-state index in [0.717, 1.165) is 5.69 Å². The van der Waals surface area contributed by atoms with Crippen LogP contribution in [0.3, 0.4) is 0 Å². The van der Waals surface area contributed by atoms with Gasteiger partial charge in [0, 0.05) is 31.9 Å². The summed E-state index contributed by atoms with van der Waals surface area (Å²) in [5.74, 6) is -0.244. The number of pyridine rings is 1. The van der Waals surface area contributed by atoms with Crippen LogP contribution in [0.4, 0.5) is 11.5 Å². The van der Waals surface area contributed by atoms with Crippen molar-refractivity contribution in [3.63, 3.8) is 0 Å². The number of H-pyrrole nitrogens is 1. The van der Waals surface area contributed by atoms with Gasteiger partial charge in [0.25, 0.3) is 5.91 Å². The topological polar surface area (TPSA) is 125 Å². The van der Waals surface area contributed by atoms with Crippen LogP contribution in [0.5, 0.6) is 5.75 Å². The molecule has 0 unspecified atom stereocenters. The first-order valence-electron chi connectivity index (χ1n) is 9.16. The number of ether oxygens (including phenoxy) is 1. The van der Waals surface area contributed by atoms with E-state index in [0.29, 0.717) is 36.6 Å². The highest BCUT2D eigenvalue weighted by molar-refractivity contribution is 5.97. The lowest BCUT2D eigenvalue weighted by Gasteiger charge is -2.21. The fourth-order valence-electron chi connectivity index (χ4n) is 3.91. The molecule has 2 aliphatic heterocycles. The maximum Gasteiger partial charge on any atom is 0.350 e. The summed E-state index contributed by atoms with van der Waals surface area (Å²) in [4.78, 5) is 42.5. The second kappa shape index (κ2) is 6.12. The molecule has 5 rings (SSSR count). The zero-order valence-electron chi connectivity index (χ0n) is 15.5. The van der Waals surface area contributed by atoms with E-state index in [-0.39, 0.29) is 24.0 Å². The number of anilines is 2. The molecular formula is C18H18N6O5. The van der Waals surface area contributed by atoms with Crippen molar-refractivity contribution < 1.29 is 19.4 Å². The van der Waals surface area contributed by atoms with Crippen molar-refractivity contribution in [3.05, 3.63) is 40.6 Å². The Kier molecular flexibility index (Phi) is 3.66. The minimum Gasteiger partial charge on any atom is -0.480 e. The molecule has 1 atom stereocenters. The van der Waals surface area contributed by atoms with Crippen molar-refractivity contribution in [1.82, 2.24) is 24.1 Å². The number of carbonyl (C=O) groups is 2. The van der Waals surface area contributed by atoms with E-state index in [9.17, 15) is 19.5 Å². The largest absolute Gasteiger partial charge is 0.480 e. The SMILES string of the molecule is Cn1nc2cc(N3COc4cc(C(=O)N5CCC[C@H]5C(=O)O)[nH]c43)ccn2c1=O. The zero-order valence-corrected chi connectivity index (χ0v) is 15.5.